The van der Waals surface area contributed by atoms with Crippen molar-refractivity contribution < 1.29 is 5.11 Å². The molecule has 1 N–H and O–H groups in total. The highest BCUT2D eigenvalue weighted by Crippen LogP contribution is 2.37. The largest absolute Gasteiger partial charge is 0.511 e. The van der Waals surface area contributed by atoms with Crippen LogP contribution >= 0.6 is 0 Å². The van der Waals surface area contributed by atoms with E-state index in [9.17, 15) is 5.11 Å². The van der Waals surface area contributed by atoms with Gasteiger partial charge >= 0.3 is 0 Å². The maximum atomic E-state index is 11.7. The van der Waals surface area contributed by atoms with Crippen LogP contribution < -0.4 is 0 Å². The highest BCUT2D eigenvalue weighted by atomic mass is 16.3. The number of rotatable bonds is 5. The Bertz CT molecular complexity index is 955. The minimum atomic E-state index is -0.238. The van der Waals surface area contributed by atoms with Crippen molar-refractivity contribution in [3.63, 3.8) is 0 Å². The topological polar surface area (TPSA) is 20.2 Å². The lowest BCUT2D eigenvalue weighted by molar-refractivity contribution is 0.385. The molecule has 0 aliphatic heterocycles. The van der Waals surface area contributed by atoms with E-state index >= 15 is 0 Å². The Kier molecular flexibility index (Phi) is 5.35. The zero-order valence-electron chi connectivity index (χ0n) is 15.6. The molecule has 0 heterocycles. The van der Waals surface area contributed by atoms with E-state index in [4.69, 9.17) is 0 Å². The summed E-state index contributed by atoms with van der Waals surface area (Å²) in [5, 5.41) is 11.7. The van der Waals surface area contributed by atoms with Gasteiger partial charge in [-0.1, -0.05) is 121 Å². The quantitative estimate of drug-likeness (QED) is 0.386. The highest BCUT2D eigenvalue weighted by molar-refractivity contribution is 5.82. The van der Waals surface area contributed by atoms with Crippen molar-refractivity contribution in [1.29, 1.82) is 0 Å². The molecule has 28 heavy (non-hydrogen) atoms. The molecule has 1 heteroatoms. The molecule has 0 saturated carbocycles. The lowest BCUT2D eigenvalue weighted by Crippen LogP contribution is -2.08. The van der Waals surface area contributed by atoms with Gasteiger partial charge in [-0.3, -0.25) is 0 Å². The summed E-state index contributed by atoms with van der Waals surface area (Å²) in [6, 6.07) is 40.6. The van der Waals surface area contributed by atoms with Crippen LogP contribution in [0.5, 0.6) is 0 Å². The van der Waals surface area contributed by atoms with Gasteiger partial charge in [-0.05, 0) is 22.3 Å². The van der Waals surface area contributed by atoms with Gasteiger partial charge in [0, 0.05) is 5.57 Å². The van der Waals surface area contributed by atoms with Crippen LogP contribution in [-0.4, -0.2) is 5.11 Å². The summed E-state index contributed by atoms with van der Waals surface area (Å²) in [6.45, 7) is 0. The summed E-state index contributed by atoms with van der Waals surface area (Å²) in [5.41, 5.74) is 5.00. The van der Waals surface area contributed by atoms with E-state index in [2.05, 4.69) is 24.3 Å². The molecule has 0 aliphatic carbocycles. The van der Waals surface area contributed by atoms with Crippen LogP contribution in [0.4, 0.5) is 0 Å². The number of hydrogen-bond donors (Lipinski definition) is 1. The molecule has 0 saturated heterocycles. The van der Waals surface area contributed by atoms with Crippen LogP contribution in [-0.2, 0) is 0 Å². The monoisotopic (exact) mass is 362 g/mol. The predicted octanol–water partition coefficient (Wildman–Crippen LogP) is 6.84. The summed E-state index contributed by atoms with van der Waals surface area (Å²) < 4.78 is 0. The van der Waals surface area contributed by atoms with E-state index in [-0.39, 0.29) is 5.92 Å². The smallest absolute Gasteiger partial charge is 0.112 e. The van der Waals surface area contributed by atoms with Gasteiger partial charge in [0.2, 0.25) is 0 Å². The fourth-order valence-electron chi connectivity index (χ4n) is 3.62. The number of allylic oxidation sites excluding steroid dienone is 1. The fraction of sp³-hybridized carbons (Fsp3) is 0.0370. The Morgan fingerprint density at radius 2 is 0.786 bits per heavy atom. The Balaban J connectivity index is 1.97. The molecule has 0 unspecified atom stereocenters. The summed E-state index contributed by atoms with van der Waals surface area (Å²) >= 11 is 0. The van der Waals surface area contributed by atoms with Gasteiger partial charge in [0.25, 0.3) is 0 Å². The summed E-state index contributed by atoms with van der Waals surface area (Å²) in [4.78, 5) is 0. The number of aliphatic hydroxyl groups is 1. The zero-order valence-corrected chi connectivity index (χ0v) is 15.6. The first-order valence-electron chi connectivity index (χ1n) is 9.48. The molecule has 0 atom stereocenters. The van der Waals surface area contributed by atoms with Crippen LogP contribution in [0.3, 0.4) is 0 Å². The average Bonchev–Trinajstić information content (AvgIpc) is 2.77. The number of hydrogen-bond acceptors (Lipinski definition) is 1. The molecule has 0 bridgehead atoms. The van der Waals surface area contributed by atoms with Crippen molar-refractivity contribution in [3.05, 3.63) is 149 Å². The molecule has 0 aliphatic rings. The van der Waals surface area contributed by atoms with E-state index in [0.29, 0.717) is 5.76 Å². The molecule has 136 valence electrons. The van der Waals surface area contributed by atoms with E-state index in [1.807, 2.05) is 97.1 Å². The molecule has 4 aromatic rings. The minimum absolute atomic E-state index is 0.238. The van der Waals surface area contributed by atoms with Crippen molar-refractivity contribution >= 4 is 5.57 Å². The Morgan fingerprint density at radius 3 is 1.14 bits per heavy atom. The van der Waals surface area contributed by atoms with Gasteiger partial charge in [-0.25, -0.2) is 0 Å². The Morgan fingerprint density at radius 1 is 0.464 bits per heavy atom. The SMILES string of the molecule is OC(=C(c1ccccc1)c1ccccc1)C(c1ccccc1)c1ccccc1. The fourth-order valence-corrected chi connectivity index (χ4v) is 3.62. The first-order valence-corrected chi connectivity index (χ1v) is 9.48. The van der Waals surface area contributed by atoms with Crippen LogP contribution in [0.15, 0.2) is 127 Å². The maximum absolute atomic E-state index is 11.7. The molecule has 4 aromatic carbocycles. The second kappa shape index (κ2) is 8.41. The number of benzene rings is 4. The van der Waals surface area contributed by atoms with Gasteiger partial charge in [0.1, 0.15) is 5.76 Å². The van der Waals surface area contributed by atoms with Gasteiger partial charge in [-0.2, -0.15) is 0 Å². The van der Waals surface area contributed by atoms with Crippen molar-refractivity contribution in [1.82, 2.24) is 0 Å². The third-order valence-corrected chi connectivity index (χ3v) is 4.92. The third kappa shape index (κ3) is 3.74. The third-order valence-electron chi connectivity index (χ3n) is 4.92. The van der Waals surface area contributed by atoms with E-state index in [0.717, 1.165) is 27.8 Å². The van der Waals surface area contributed by atoms with Gasteiger partial charge in [0.05, 0.1) is 5.92 Å². The van der Waals surface area contributed by atoms with E-state index in [1.54, 1.807) is 0 Å². The maximum Gasteiger partial charge on any atom is 0.112 e. The van der Waals surface area contributed by atoms with Crippen LogP contribution in [0.2, 0.25) is 0 Å². The predicted molar refractivity (Wildman–Crippen MR) is 116 cm³/mol. The standard InChI is InChI=1S/C27H22O/c28-27(25(21-13-5-1-6-14-21)22-15-7-2-8-16-22)26(23-17-9-3-10-18-23)24-19-11-4-12-20-24/h1-20,25,28H. The van der Waals surface area contributed by atoms with Crippen molar-refractivity contribution in [3.8, 4) is 0 Å². The molecule has 0 radical (unpaired) electrons. The molecule has 0 spiro atoms. The molecule has 0 aromatic heterocycles. The Labute approximate surface area is 166 Å². The number of aliphatic hydroxyl groups excluding tert-OH is 1. The molecular formula is C27H22O. The van der Waals surface area contributed by atoms with E-state index in [1.165, 1.54) is 0 Å². The average molecular weight is 362 g/mol. The van der Waals surface area contributed by atoms with Crippen molar-refractivity contribution in [2.75, 3.05) is 0 Å². The first-order chi connectivity index (χ1) is 13.8. The molecular weight excluding hydrogens is 340 g/mol. The molecule has 1 nitrogen and oxygen atoms in total. The van der Waals surface area contributed by atoms with Gasteiger partial charge in [0.15, 0.2) is 0 Å². The first kappa shape index (κ1) is 17.8. The van der Waals surface area contributed by atoms with Gasteiger partial charge in [-0.15, -0.1) is 0 Å². The highest BCUT2D eigenvalue weighted by Gasteiger charge is 2.23. The van der Waals surface area contributed by atoms with E-state index < -0.39 is 0 Å². The molecule has 0 amide bonds. The zero-order chi connectivity index (χ0) is 19.2. The minimum Gasteiger partial charge on any atom is -0.511 e. The summed E-state index contributed by atoms with van der Waals surface area (Å²) in [7, 11) is 0. The van der Waals surface area contributed by atoms with Crippen LogP contribution in [0, 0.1) is 0 Å². The normalized spacial score (nSPS) is 10.6. The van der Waals surface area contributed by atoms with Crippen LogP contribution in [0.1, 0.15) is 28.2 Å². The van der Waals surface area contributed by atoms with Crippen LogP contribution in [0.25, 0.3) is 5.57 Å². The summed E-state index contributed by atoms with van der Waals surface area (Å²) in [5.74, 6) is 0.118. The second-order valence-corrected chi connectivity index (χ2v) is 6.75. The Hall–Kier alpha value is -3.58. The molecule has 4 rings (SSSR count). The summed E-state index contributed by atoms with van der Waals surface area (Å²) in [6.07, 6.45) is 0. The second-order valence-electron chi connectivity index (χ2n) is 6.75. The van der Waals surface area contributed by atoms with Crippen molar-refractivity contribution in [2.24, 2.45) is 0 Å². The molecule has 0 fully saturated rings. The van der Waals surface area contributed by atoms with Gasteiger partial charge < -0.3 is 5.11 Å². The lowest BCUT2D eigenvalue weighted by atomic mass is 9.84. The lowest BCUT2D eigenvalue weighted by Gasteiger charge is -2.22. The van der Waals surface area contributed by atoms with Crippen molar-refractivity contribution in [2.45, 2.75) is 5.92 Å².